The summed E-state index contributed by atoms with van der Waals surface area (Å²) in [5, 5.41) is 16.6. The molecule has 0 aromatic carbocycles. The van der Waals surface area contributed by atoms with E-state index in [0.29, 0.717) is 12.5 Å². The van der Waals surface area contributed by atoms with Crippen LogP contribution >= 0.6 is 0 Å². The molecule has 2 heterocycles. The fourth-order valence-electron chi connectivity index (χ4n) is 2.03. The van der Waals surface area contributed by atoms with Crippen molar-refractivity contribution in [2.45, 2.75) is 19.6 Å². The van der Waals surface area contributed by atoms with Gasteiger partial charge < -0.3 is 20.3 Å². The van der Waals surface area contributed by atoms with Gasteiger partial charge in [-0.1, -0.05) is 0 Å². The van der Waals surface area contributed by atoms with Gasteiger partial charge in [0.1, 0.15) is 0 Å². The predicted molar refractivity (Wildman–Crippen MR) is 87.6 cm³/mol. The lowest BCUT2D eigenvalue weighted by molar-refractivity contribution is 0.187. The molecule has 0 aliphatic rings. The number of pyridine rings is 1. The summed E-state index contributed by atoms with van der Waals surface area (Å²) >= 11 is 0. The first-order valence-corrected chi connectivity index (χ1v) is 7.50. The van der Waals surface area contributed by atoms with E-state index in [-0.39, 0.29) is 0 Å². The Labute approximate surface area is 130 Å². The van der Waals surface area contributed by atoms with Crippen molar-refractivity contribution in [1.29, 1.82) is 0 Å². The van der Waals surface area contributed by atoms with E-state index in [0.717, 1.165) is 25.2 Å². The lowest BCUT2D eigenvalue weighted by Gasteiger charge is -2.13. The molecule has 1 unspecified atom stereocenters. The van der Waals surface area contributed by atoms with Gasteiger partial charge in [0, 0.05) is 44.4 Å². The van der Waals surface area contributed by atoms with Crippen LogP contribution in [0.5, 0.6) is 0 Å². The molecule has 0 saturated heterocycles. The summed E-state index contributed by atoms with van der Waals surface area (Å²) < 4.78 is 2.10. The molecule has 1 atom stereocenters. The molecule has 0 spiro atoms. The Morgan fingerprint density at radius 3 is 2.68 bits per heavy atom. The minimum Gasteiger partial charge on any atom is -0.386 e. The van der Waals surface area contributed by atoms with Crippen LogP contribution in [0.2, 0.25) is 0 Å². The summed E-state index contributed by atoms with van der Waals surface area (Å²) in [4.78, 5) is 8.37. The number of aliphatic hydroxyl groups excluding tert-OH is 1. The van der Waals surface area contributed by atoms with Crippen LogP contribution in [0.3, 0.4) is 0 Å². The maximum atomic E-state index is 10.1. The molecule has 3 N–H and O–H groups in total. The quantitative estimate of drug-likeness (QED) is 0.530. The van der Waals surface area contributed by atoms with Gasteiger partial charge in [0.25, 0.3) is 0 Å². The van der Waals surface area contributed by atoms with Crippen molar-refractivity contribution < 1.29 is 5.11 Å². The molecular weight excluding hydrogens is 278 g/mol. The van der Waals surface area contributed by atoms with Crippen LogP contribution in [0.15, 0.2) is 54.0 Å². The van der Waals surface area contributed by atoms with Crippen LogP contribution < -0.4 is 10.6 Å². The number of nitrogens with one attached hydrogen (secondary N) is 2. The maximum Gasteiger partial charge on any atom is 0.191 e. The predicted octanol–water partition coefficient (Wildman–Crippen LogP) is 1.17. The second-order valence-corrected chi connectivity index (χ2v) is 4.86. The molecule has 0 aliphatic carbocycles. The van der Waals surface area contributed by atoms with Crippen molar-refractivity contribution in [3.63, 3.8) is 0 Å². The van der Waals surface area contributed by atoms with Gasteiger partial charge in [-0.15, -0.1) is 0 Å². The first-order valence-electron chi connectivity index (χ1n) is 7.50. The van der Waals surface area contributed by atoms with Crippen molar-refractivity contribution in [3.8, 4) is 0 Å². The largest absolute Gasteiger partial charge is 0.386 e. The Balaban J connectivity index is 1.83. The summed E-state index contributed by atoms with van der Waals surface area (Å²) in [6.07, 6.45) is 6.77. The number of hydrogen-bond donors (Lipinski definition) is 3. The number of rotatable bonds is 7. The number of aromatic nitrogens is 2. The van der Waals surface area contributed by atoms with E-state index in [2.05, 4.69) is 25.2 Å². The van der Waals surface area contributed by atoms with Crippen molar-refractivity contribution in [1.82, 2.24) is 20.2 Å². The Kier molecular flexibility index (Phi) is 6.44. The van der Waals surface area contributed by atoms with Crippen molar-refractivity contribution >= 4 is 5.96 Å². The lowest BCUT2D eigenvalue weighted by Crippen LogP contribution is -2.39. The number of aliphatic imine (C=N–C) groups is 1. The smallest absolute Gasteiger partial charge is 0.191 e. The van der Waals surface area contributed by atoms with Gasteiger partial charge in [-0.25, -0.2) is 0 Å². The van der Waals surface area contributed by atoms with E-state index in [4.69, 9.17) is 0 Å². The number of hydrogen-bond acceptors (Lipinski definition) is 3. The highest BCUT2D eigenvalue weighted by Gasteiger charge is 2.06. The van der Waals surface area contributed by atoms with Gasteiger partial charge >= 0.3 is 0 Å². The third kappa shape index (κ3) is 5.21. The van der Waals surface area contributed by atoms with E-state index < -0.39 is 6.10 Å². The van der Waals surface area contributed by atoms with E-state index >= 15 is 0 Å². The first-order chi connectivity index (χ1) is 10.8. The third-order valence-corrected chi connectivity index (χ3v) is 3.19. The van der Waals surface area contributed by atoms with E-state index in [1.165, 1.54) is 0 Å². The Morgan fingerprint density at radius 1 is 1.27 bits per heavy atom. The second kappa shape index (κ2) is 8.84. The normalized spacial score (nSPS) is 12.9. The second-order valence-electron chi connectivity index (χ2n) is 4.86. The van der Waals surface area contributed by atoms with Crippen LogP contribution in [0, 0.1) is 0 Å². The standard InChI is InChI=1S/C16H23N5O/c1-2-18-16(19-9-12-21-10-3-4-11-21)20-13-15(22)14-5-7-17-8-6-14/h3-8,10-11,15,22H,2,9,12-13H2,1H3,(H2,18,19,20). The monoisotopic (exact) mass is 301 g/mol. The molecule has 2 aromatic heterocycles. The molecule has 0 radical (unpaired) electrons. The van der Waals surface area contributed by atoms with Crippen LogP contribution in [0.25, 0.3) is 0 Å². The van der Waals surface area contributed by atoms with Gasteiger partial charge in [0.15, 0.2) is 5.96 Å². The van der Waals surface area contributed by atoms with Crippen molar-refractivity contribution in [2.24, 2.45) is 4.99 Å². The molecule has 118 valence electrons. The average Bonchev–Trinajstić information content (AvgIpc) is 3.06. The maximum absolute atomic E-state index is 10.1. The van der Waals surface area contributed by atoms with E-state index in [1.54, 1.807) is 24.5 Å². The molecule has 6 heteroatoms. The van der Waals surface area contributed by atoms with Gasteiger partial charge in [0.05, 0.1) is 12.6 Å². The summed E-state index contributed by atoms with van der Waals surface area (Å²) in [7, 11) is 0. The first kappa shape index (κ1) is 16.0. The molecule has 2 aromatic rings. The molecule has 6 nitrogen and oxygen atoms in total. The van der Waals surface area contributed by atoms with Crippen LogP contribution in [-0.2, 0) is 6.54 Å². The summed E-state index contributed by atoms with van der Waals surface area (Å²) in [6.45, 7) is 4.74. The SMILES string of the molecule is CCNC(=NCC(O)c1ccncc1)NCCn1cccc1. The van der Waals surface area contributed by atoms with Crippen LogP contribution in [0.1, 0.15) is 18.6 Å². The zero-order valence-corrected chi connectivity index (χ0v) is 12.8. The molecular formula is C16H23N5O. The topological polar surface area (TPSA) is 74.5 Å². The highest BCUT2D eigenvalue weighted by atomic mass is 16.3. The fourth-order valence-corrected chi connectivity index (χ4v) is 2.03. The number of guanidine groups is 1. The number of nitrogens with zero attached hydrogens (tertiary/aromatic N) is 3. The zero-order chi connectivity index (χ0) is 15.6. The lowest BCUT2D eigenvalue weighted by atomic mass is 10.1. The minimum absolute atomic E-state index is 0.308. The average molecular weight is 301 g/mol. The third-order valence-electron chi connectivity index (χ3n) is 3.19. The Morgan fingerprint density at radius 2 is 2.00 bits per heavy atom. The van der Waals surface area contributed by atoms with E-state index in [1.807, 2.05) is 31.5 Å². The Hall–Kier alpha value is -2.34. The molecule has 0 saturated carbocycles. The molecule has 22 heavy (non-hydrogen) atoms. The Bertz CT molecular complexity index is 553. The highest BCUT2D eigenvalue weighted by molar-refractivity contribution is 5.79. The van der Waals surface area contributed by atoms with Crippen LogP contribution in [0.4, 0.5) is 0 Å². The van der Waals surface area contributed by atoms with Crippen molar-refractivity contribution in [2.75, 3.05) is 19.6 Å². The molecule has 0 aliphatic heterocycles. The van der Waals surface area contributed by atoms with Gasteiger partial charge in [-0.05, 0) is 36.8 Å². The number of aliphatic hydroxyl groups is 1. The van der Waals surface area contributed by atoms with Crippen molar-refractivity contribution in [3.05, 3.63) is 54.6 Å². The van der Waals surface area contributed by atoms with Gasteiger partial charge in [0.2, 0.25) is 0 Å². The highest BCUT2D eigenvalue weighted by Crippen LogP contribution is 2.10. The molecule has 0 amide bonds. The van der Waals surface area contributed by atoms with E-state index in [9.17, 15) is 5.11 Å². The van der Waals surface area contributed by atoms with Gasteiger partial charge in [-0.3, -0.25) is 9.98 Å². The zero-order valence-electron chi connectivity index (χ0n) is 12.8. The summed E-state index contributed by atoms with van der Waals surface area (Å²) in [6, 6.07) is 7.61. The molecule has 0 fully saturated rings. The molecule has 2 rings (SSSR count). The van der Waals surface area contributed by atoms with Crippen LogP contribution in [-0.4, -0.2) is 40.3 Å². The minimum atomic E-state index is -0.622. The van der Waals surface area contributed by atoms with Gasteiger partial charge in [-0.2, -0.15) is 0 Å². The molecule has 0 bridgehead atoms. The fraction of sp³-hybridized carbons (Fsp3) is 0.375. The summed E-state index contributed by atoms with van der Waals surface area (Å²) in [5.41, 5.74) is 0.821. The summed E-state index contributed by atoms with van der Waals surface area (Å²) in [5.74, 6) is 0.711.